The van der Waals surface area contributed by atoms with Gasteiger partial charge in [-0.05, 0) is 25.1 Å². The summed E-state index contributed by atoms with van der Waals surface area (Å²) in [4.78, 5) is 12.0. The van der Waals surface area contributed by atoms with Gasteiger partial charge in [0.1, 0.15) is 5.82 Å². The number of nitrogens with zero attached hydrogens (tertiary/aromatic N) is 2. The fraction of sp³-hybridized carbons (Fsp3) is 0.429. The van der Waals surface area contributed by atoms with Crippen molar-refractivity contribution in [2.75, 3.05) is 13.6 Å². The maximum atomic E-state index is 4.51. The number of aromatic nitrogens is 3. The molecule has 2 heterocycles. The molecule has 0 radical (unpaired) electrons. The predicted octanol–water partition coefficient (Wildman–Crippen LogP) is 2.43. The van der Waals surface area contributed by atoms with Crippen molar-refractivity contribution in [3.05, 3.63) is 36.5 Å². The minimum Gasteiger partial charge on any atom is -0.342 e. The number of hydrogen-bond acceptors (Lipinski definition) is 3. The van der Waals surface area contributed by atoms with Gasteiger partial charge in [-0.2, -0.15) is 0 Å². The summed E-state index contributed by atoms with van der Waals surface area (Å²) >= 11 is 0. The highest BCUT2D eigenvalue weighted by Crippen LogP contribution is 2.24. The lowest BCUT2D eigenvalue weighted by Crippen LogP contribution is -2.22. The highest BCUT2D eigenvalue weighted by atomic mass is 14.9. The largest absolute Gasteiger partial charge is 0.342 e. The van der Waals surface area contributed by atoms with Crippen LogP contribution in [-0.2, 0) is 0 Å². The molecule has 96 valence electrons. The first kappa shape index (κ1) is 12.8. The number of nitrogens with one attached hydrogen (secondary N) is 2. The van der Waals surface area contributed by atoms with Crippen LogP contribution >= 0.6 is 0 Å². The van der Waals surface area contributed by atoms with Gasteiger partial charge in [0, 0.05) is 30.4 Å². The zero-order chi connectivity index (χ0) is 13.0. The van der Waals surface area contributed by atoms with E-state index in [9.17, 15) is 0 Å². The zero-order valence-corrected chi connectivity index (χ0v) is 11.1. The van der Waals surface area contributed by atoms with Crippen molar-refractivity contribution in [2.24, 2.45) is 5.92 Å². The first-order valence-corrected chi connectivity index (χ1v) is 6.32. The normalized spacial score (nSPS) is 12.9. The van der Waals surface area contributed by atoms with Gasteiger partial charge in [-0.1, -0.05) is 13.8 Å². The number of pyridine rings is 1. The lowest BCUT2D eigenvalue weighted by Gasteiger charge is -2.17. The quantitative estimate of drug-likeness (QED) is 0.849. The van der Waals surface area contributed by atoms with Gasteiger partial charge in [0.2, 0.25) is 0 Å². The molecule has 2 rings (SSSR count). The van der Waals surface area contributed by atoms with E-state index >= 15 is 0 Å². The molecule has 4 heteroatoms. The molecule has 0 aliphatic rings. The van der Waals surface area contributed by atoms with Crippen LogP contribution in [0.5, 0.6) is 0 Å². The van der Waals surface area contributed by atoms with E-state index in [1.54, 1.807) is 6.20 Å². The van der Waals surface area contributed by atoms with Crippen LogP contribution in [0.2, 0.25) is 0 Å². The fourth-order valence-electron chi connectivity index (χ4n) is 2.06. The molecule has 0 fully saturated rings. The van der Waals surface area contributed by atoms with Gasteiger partial charge < -0.3 is 10.3 Å². The maximum absolute atomic E-state index is 4.51. The smallest absolute Gasteiger partial charge is 0.111 e. The Morgan fingerprint density at radius 3 is 2.78 bits per heavy atom. The number of H-pyrrole nitrogens is 1. The molecule has 2 aromatic rings. The Hall–Kier alpha value is -1.68. The fourth-order valence-corrected chi connectivity index (χ4v) is 2.06. The Balaban J connectivity index is 2.24. The maximum Gasteiger partial charge on any atom is 0.111 e. The molecule has 0 spiro atoms. The summed E-state index contributed by atoms with van der Waals surface area (Å²) in [5, 5.41) is 3.22. The molecule has 18 heavy (non-hydrogen) atoms. The summed E-state index contributed by atoms with van der Waals surface area (Å²) in [6.07, 6.45) is 5.51. The van der Waals surface area contributed by atoms with Crippen LogP contribution in [0.4, 0.5) is 0 Å². The molecular weight excluding hydrogens is 224 g/mol. The molecule has 0 aliphatic heterocycles. The van der Waals surface area contributed by atoms with E-state index < -0.39 is 0 Å². The van der Waals surface area contributed by atoms with Gasteiger partial charge in [-0.25, -0.2) is 4.98 Å². The number of likely N-dealkylation sites (N-methyl/N-ethyl adjacent to an activating group) is 1. The third-order valence-electron chi connectivity index (χ3n) is 3.15. The molecule has 4 nitrogen and oxygen atoms in total. The molecular formula is C14H20N4. The molecule has 0 saturated carbocycles. The van der Waals surface area contributed by atoms with Crippen LogP contribution < -0.4 is 5.32 Å². The van der Waals surface area contributed by atoms with E-state index in [1.807, 2.05) is 31.6 Å². The standard InChI is InChI=1S/C14H20N4/c1-10(2)12(8-15-3)14-17-9-13(18-14)11-5-4-6-16-7-11/h4-7,9-10,12,15H,8H2,1-3H3,(H,17,18). The minimum absolute atomic E-state index is 0.403. The van der Waals surface area contributed by atoms with Gasteiger partial charge in [-0.15, -0.1) is 0 Å². The van der Waals surface area contributed by atoms with Crippen molar-refractivity contribution >= 4 is 0 Å². The summed E-state index contributed by atoms with van der Waals surface area (Å²) < 4.78 is 0. The van der Waals surface area contributed by atoms with Gasteiger partial charge in [0.15, 0.2) is 0 Å². The second kappa shape index (κ2) is 5.78. The summed E-state index contributed by atoms with van der Waals surface area (Å²) in [5.74, 6) is 1.99. The zero-order valence-electron chi connectivity index (χ0n) is 11.1. The SMILES string of the molecule is CNCC(c1ncc(-c2cccnc2)[nH]1)C(C)C. The van der Waals surface area contributed by atoms with Crippen LogP contribution in [0.3, 0.4) is 0 Å². The van der Waals surface area contributed by atoms with Crippen LogP contribution in [0.15, 0.2) is 30.7 Å². The molecule has 0 aromatic carbocycles. The Labute approximate surface area is 108 Å². The Kier molecular flexibility index (Phi) is 4.10. The molecule has 0 saturated heterocycles. The Morgan fingerprint density at radius 1 is 1.33 bits per heavy atom. The molecule has 0 bridgehead atoms. The minimum atomic E-state index is 0.403. The van der Waals surface area contributed by atoms with Crippen LogP contribution in [0.25, 0.3) is 11.3 Å². The van der Waals surface area contributed by atoms with Crippen molar-refractivity contribution in [3.63, 3.8) is 0 Å². The first-order valence-electron chi connectivity index (χ1n) is 6.32. The molecule has 1 unspecified atom stereocenters. The average molecular weight is 244 g/mol. The monoisotopic (exact) mass is 244 g/mol. The van der Waals surface area contributed by atoms with Crippen molar-refractivity contribution in [2.45, 2.75) is 19.8 Å². The third-order valence-corrected chi connectivity index (χ3v) is 3.15. The topological polar surface area (TPSA) is 53.6 Å². The van der Waals surface area contributed by atoms with Crippen LogP contribution in [-0.4, -0.2) is 28.5 Å². The number of hydrogen-bond donors (Lipinski definition) is 2. The summed E-state index contributed by atoms with van der Waals surface area (Å²) in [6.45, 7) is 5.36. The van der Waals surface area contributed by atoms with Crippen LogP contribution in [0, 0.1) is 5.92 Å². The van der Waals surface area contributed by atoms with E-state index in [4.69, 9.17) is 0 Å². The van der Waals surface area contributed by atoms with E-state index in [0.717, 1.165) is 23.6 Å². The Bertz CT molecular complexity index is 476. The van der Waals surface area contributed by atoms with Gasteiger partial charge in [0.05, 0.1) is 11.9 Å². The van der Waals surface area contributed by atoms with Crippen molar-refractivity contribution in [1.82, 2.24) is 20.3 Å². The van der Waals surface area contributed by atoms with E-state index in [1.165, 1.54) is 0 Å². The van der Waals surface area contributed by atoms with E-state index in [0.29, 0.717) is 11.8 Å². The van der Waals surface area contributed by atoms with Crippen LogP contribution in [0.1, 0.15) is 25.6 Å². The highest BCUT2D eigenvalue weighted by Gasteiger charge is 2.18. The second-order valence-corrected chi connectivity index (χ2v) is 4.83. The number of aromatic amines is 1. The first-order chi connectivity index (χ1) is 8.72. The van der Waals surface area contributed by atoms with Gasteiger partial charge in [0.25, 0.3) is 0 Å². The number of rotatable bonds is 5. The predicted molar refractivity (Wildman–Crippen MR) is 73.3 cm³/mol. The third kappa shape index (κ3) is 2.76. The Morgan fingerprint density at radius 2 is 2.17 bits per heavy atom. The van der Waals surface area contributed by atoms with Crippen molar-refractivity contribution in [3.8, 4) is 11.3 Å². The summed E-state index contributed by atoms with van der Waals surface area (Å²) in [5.41, 5.74) is 2.10. The van der Waals surface area contributed by atoms with Gasteiger partial charge in [-0.3, -0.25) is 4.98 Å². The van der Waals surface area contributed by atoms with E-state index in [2.05, 4.69) is 34.1 Å². The summed E-state index contributed by atoms with van der Waals surface area (Å²) in [6, 6.07) is 3.97. The lowest BCUT2D eigenvalue weighted by molar-refractivity contribution is 0.461. The van der Waals surface area contributed by atoms with Crippen molar-refractivity contribution in [1.29, 1.82) is 0 Å². The molecule has 0 aliphatic carbocycles. The van der Waals surface area contributed by atoms with Gasteiger partial charge >= 0.3 is 0 Å². The lowest BCUT2D eigenvalue weighted by atomic mass is 9.95. The van der Waals surface area contributed by atoms with Crippen molar-refractivity contribution < 1.29 is 0 Å². The molecule has 0 amide bonds. The molecule has 2 N–H and O–H groups in total. The molecule has 2 aromatic heterocycles. The summed E-state index contributed by atoms with van der Waals surface area (Å²) in [7, 11) is 1.97. The average Bonchev–Trinajstić information content (AvgIpc) is 2.86. The second-order valence-electron chi connectivity index (χ2n) is 4.83. The highest BCUT2D eigenvalue weighted by molar-refractivity contribution is 5.56. The number of imidazole rings is 1. The van der Waals surface area contributed by atoms with E-state index in [-0.39, 0.29) is 0 Å². The molecule has 1 atom stereocenters.